The molecule has 0 bridgehead atoms. The van der Waals surface area contributed by atoms with Gasteiger partial charge in [0.05, 0.1) is 0 Å². The van der Waals surface area contributed by atoms with Crippen molar-refractivity contribution in [1.82, 2.24) is 0 Å². The molecule has 13 heavy (non-hydrogen) atoms. The molecule has 0 spiro atoms. The van der Waals surface area contributed by atoms with E-state index < -0.39 is 0 Å². The first kappa shape index (κ1) is 8.23. The van der Waals surface area contributed by atoms with Crippen LogP contribution >= 0.6 is 0 Å². The SMILES string of the molecule is CCc1cc(O)c2c(c1)OCCO2. The molecular weight excluding hydrogens is 168 g/mol. The normalized spacial score (nSPS) is 14.2. The lowest BCUT2D eigenvalue weighted by molar-refractivity contribution is 0.165. The van der Waals surface area contributed by atoms with Crippen LogP contribution in [0.3, 0.4) is 0 Å². The van der Waals surface area contributed by atoms with Crippen molar-refractivity contribution in [3.63, 3.8) is 0 Å². The zero-order valence-electron chi connectivity index (χ0n) is 7.54. The first-order valence-electron chi connectivity index (χ1n) is 4.42. The summed E-state index contributed by atoms with van der Waals surface area (Å²) in [6, 6.07) is 3.63. The number of benzene rings is 1. The molecule has 1 aromatic rings. The molecule has 0 aromatic heterocycles. The third-order valence-electron chi connectivity index (χ3n) is 2.09. The summed E-state index contributed by atoms with van der Waals surface area (Å²) in [6.07, 6.45) is 0.879. The van der Waals surface area contributed by atoms with Gasteiger partial charge in [0.15, 0.2) is 11.5 Å². The summed E-state index contributed by atoms with van der Waals surface area (Å²) in [5.74, 6) is 1.31. The van der Waals surface area contributed by atoms with E-state index in [0.29, 0.717) is 24.7 Å². The van der Waals surface area contributed by atoms with E-state index in [4.69, 9.17) is 9.47 Å². The van der Waals surface area contributed by atoms with Crippen molar-refractivity contribution in [1.29, 1.82) is 0 Å². The highest BCUT2D eigenvalue weighted by Crippen LogP contribution is 2.39. The minimum atomic E-state index is 0.175. The second-order valence-electron chi connectivity index (χ2n) is 2.99. The number of phenols is 1. The van der Waals surface area contributed by atoms with E-state index in [0.717, 1.165) is 12.0 Å². The predicted octanol–water partition coefficient (Wildman–Crippen LogP) is 1.73. The van der Waals surface area contributed by atoms with Crippen molar-refractivity contribution in [3.8, 4) is 17.2 Å². The van der Waals surface area contributed by atoms with Crippen molar-refractivity contribution < 1.29 is 14.6 Å². The third kappa shape index (κ3) is 1.41. The number of fused-ring (bicyclic) bond motifs is 1. The highest BCUT2D eigenvalue weighted by Gasteiger charge is 2.16. The number of aromatic hydroxyl groups is 1. The van der Waals surface area contributed by atoms with Gasteiger partial charge < -0.3 is 14.6 Å². The summed E-state index contributed by atoms with van der Waals surface area (Å²) in [5, 5.41) is 9.56. The Morgan fingerprint density at radius 2 is 2.08 bits per heavy atom. The number of rotatable bonds is 1. The number of ether oxygens (including phenoxy) is 2. The summed E-state index contributed by atoms with van der Waals surface area (Å²) < 4.78 is 10.6. The Morgan fingerprint density at radius 3 is 2.85 bits per heavy atom. The highest BCUT2D eigenvalue weighted by atomic mass is 16.6. The molecular formula is C10H12O3. The highest BCUT2D eigenvalue weighted by molar-refractivity contribution is 5.53. The van der Waals surface area contributed by atoms with Gasteiger partial charge in [-0.1, -0.05) is 6.92 Å². The lowest BCUT2D eigenvalue weighted by Crippen LogP contribution is -2.15. The molecule has 1 aromatic carbocycles. The molecule has 0 unspecified atom stereocenters. The van der Waals surface area contributed by atoms with Crippen LogP contribution in [0.5, 0.6) is 17.2 Å². The van der Waals surface area contributed by atoms with Gasteiger partial charge in [0.1, 0.15) is 13.2 Å². The predicted molar refractivity (Wildman–Crippen MR) is 48.5 cm³/mol. The van der Waals surface area contributed by atoms with Crippen molar-refractivity contribution in [2.75, 3.05) is 13.2 Å². The maximum absolute atomic E-state index is 9.56. The molecule has 2 rings (SSSR count). The fraction of sp³-hybridized carbons (Fsp3) is 0.400. The van der Waals surface area contributed by atoms with E-state index in [1.807, 2.05) is 13.0 Å². The van der Waals surface area contributed by atoms with E-state index in [9.17, 15) is 5.11 Å². The average molecular weight is 180 g/mol. The number of hydrogen-bond acceptors (Lipinski definition) is 3. The molecule has 0 saturated heterocycles. The molecule has 70 valence electrons. The molecule has 0 saturated carbocycles. The smallest absolute Gasteiger partial charge is 0.203 e. The van der Waals surface area contributed by atoms with E-state index >= 15 is 0 Å². The maximum Gasteiger partial charge on any atom is 0.203 e. The zero-order chi connectivity index (χ0) is 9.26. The average Bonchev–Trinajstić information content (AvgIpc) is 2.18. The van der Waals surface area contributed by atoms with Gasteiger partial charge in [-0.3, -0.25) is 0 Å². The Morgan fingerprint density at radius 1 is 1.31 bits per heavy atom. The van der Waals surface area contributed by atoms with Gasteiger partial charge in [-0.25, -0.2) is 0 Å². The van der Waals surface area contributed by atoms with Crippen LogP contribution in [0.25, 0.3) is 0 Å². The summed E-state index contributed by atoms with van der Waals surface area (Å²) in [5.41, 5.74) is 1.06. The molecule has 0 aliphatic carbocycles. The minimum absolute atomic E-state index is 0.175. The van der Waals surface area contributed by atoms with Gasteiger partial charge >= 0.3 is 0 Å². The summed E-state index contributed by atoms with van der Waals surface area (Å²) in [4.78, 5) is 0. The van der Waals surface area contributed by atoms with Crippen LogP contribution in [-0.4, -0.2) is 18.3 Å². The van der Waals surface area contributed by atoms with Gasteiger partial charge in [-0.2, -0.15) is 0 Å². The standard InChI is InChI=1S/C10H12O3/c1-2-7-5-8(11)10-9(6-7)12-3-4-13-10/h5-6,11H,2-4H2,1H3. The molecule has 0 atom stereocenters. The first-order chi connectivity index (χ1) is 6.31. The van der Waals surface area contributed by atoms with Crippen molar-refractivity contribution in [3.05, 3.63) is 17.7 Å². The molecule has 0 radical (unpaired) electrons. The van der Waals surface area contributed by atoms with Crippen LogP contribution in [0.2, 0.25) is 0 Å². The summed E-state index contributed by atoms with van der Waals surface area (Å²) in [7, 11) is 0. The molecule has 1 N–H and O–H groups in total. The van der Waals surface area contributed by atoms with Crippen molar-refractivity contribution >= 4 is 0 Å². The summed E-state index contributed by atoms with van der Waals surface area (Å²) >= 11 is 0. The molecule has 3 heteroatoms. The number of hydrogen-bond donors (Lipinski definition) is 1. The zero-order valence-corrected chi connectivity index (χ0v) is 7.54. The Labute approximate surface area is 76.9 Å². The van der Waals surface area contributed by atoms with Gasteiger partial charge in [0, 0.05) is 0 Å². The van der Waals surface area contributed by atoms with Gasteiger partial charge in [0.25, 0.3) is 0 Å². The van der Waals surface area contributed by atoms with Crippen LogP contribution in [-0.2, 0) is 6.42 Å². The fourth-order valence-corrected chi connectivity index (χ4v) is 1.39. The molecule has 1 aliphatic heterocycles. The Kier molecular flexibility index (Phi) is 2.00. The lowest BCUT2D eigenvalue weighted by atomic mass is 10.1. The first-order valence-corrected chi connectivity index (χ1v) is 4.42. The van der Waals surface area contributed by atoms with Crippen LogP contribution in [0, 0.1) is 0 Å². The van der Waals surface area contributed by atoms with Crippen LogP contribution in [0.4, 0.5) is 0 Å². The van der Waals surface area contributed by atoms with Gasteiger partial charge in [0.2, 0.25) is 5.75 Å². The molecule has 3 nitrogen and oxygen atoms in total. The van der Waals surface area contributed by atoms with Crippen LogP contribution in [0.1, 0.15) is 12.5 Å². The Hall–Kier alpha value is -1.38. The monoisotopic (exact) mass is 180 g/mol. The van der Waals surface area contributed by atoms with E-state index in [1.165, 1.54) is 0 Å². The molecule has 0 fully saturated rings. The second kappa shape index (κ2) is 3.17. The largest absolute Gasteiger partial charge is 0.504 e. The number of aryl methyl sites for hydroxylation is 1. The molecule has 1 aliphatic rings. The summed E-state index contributed by atoms with van der Waals surface area (Å²) in [6.45, 7) is 3.09. The van der Waals surface area contributed by atoms with Crippen LogP contribution in [0.15, 0.2) is 12.1 Å². The quantitative estimate of drug-likeness (QED) is 0.715. The Balaban J connectivity index is 2.47. The Bertz CT molecular complexity index is 320. The number of phenolic OH excluding ortho intramolecular Hbond substituents is 1. The molecule has 0 amide bonds. The van der Waals surface area contributed by atoms with E-state index in [1.54, 1.807) is 6.07 Å². The third-order valence-corrected chi connectivity index (χ3v) is 2.09. The van der Waals surface area contributed by atoms with Gasteiger partial charge in [-0.15, -0.1) is 0 Å². The molecule has 1 heterocycles. The van der Waals surface area contributed by atoms with Gasteiger partial charge in [-0.05, 0) is 24.1 Å². The minimum Gasteiger partial charge on any atom is -0.504 e. The lowest BCUT2D eigenvalue weighted by Gasteiger charge is -2.19. The topological polar surface area (TPSA) is 38.7 Å². The van der Waals surface area contributed by atoms with Crippen molar-refractivity contribution in [2.24, 2.45) is 0 Å². The van der Waals surface area contributed by atoms with Crippen molar-refractivity contribution in [2.45, 2.75) is 13.3 Å². The van der Waals surface area contributed by atoms with E-state index in [-0.39, 0.29) is 5.75 Å². The second-order valence-corrected chi connectivity index (χ2v) is 2.99. The van der Waals surface area contributed by atoms with E-state index in [2.05, 4.69) is 0 Å². The van der Waals surface area contributed by atoms with Crippen LogP contribution < -0.4 is 9.47 Å². The maximum atomic E-state index is 9.56. The fourth-order valence-electron chi connectivity index (χ4n) is 1.39.